The predicted molar refractivity (Wildman–Crippen MR) is 98.7 cm³/mol. The summed E-state index contributed by atoms with van der Waals surface area (Å²) in [5, 5.41) is 0. The van der Waals surface area contributed by atoms with E-state index in [-0.39, 0.29) is 0 Å². The number of hydrogen-bond acceptors (Lipinski definition) is 4. The first-order valence-electron chi connectivity index (χ1n) is 9.08. The van der Waals surface area contributed by atoms with Crippen molar-refractivity contribution in [2.45, 2.75) is 39.5 Å². The Bertz CT molecular complexity index is 652. The van der Waals surface area contributed by atoms with Crippen molar-refractivity contribution in [1.82, 2.24) is 9.88 Å². The number of nitrogens with zero attached hydrogens (tertiary/aromatic N) is 3. The number of hydrogen-bond donors (Lipinski definition) is 0. The highest BCUT2D eigenvalue weighted by atomic mass is 16.3. The molecule has 0 bridgehead atoms. The maximum absolute atomic E-state index is 5.76. The van der Waals surface area contributed by atoms with Crippen molar-refractivity contribution < 1.29 is 4.42 Å². The van der Waals surface area contributed by atoms with Gasteiger partial charge in [0.1, 0.15) is 11.5 Å². The Morgan fingerprint density at radius 1 is 1.12 bits per heavy atom. The minimum atomic E-state index is 0.487. The molecule has 0 aromatic carbocycles. The van der Waals surface area contributed by atoms with Crippen LogP contribution in [0.3, 0.4) is 0 Å². The van der Waals surface area contributed by atoms with E-state index in [1.165, 1.54) is 18.7 Å². The lowest BCUT2D eigenvalue weighted by Gasteiger charge is -2.24. The Morgan fingerprint density at radius 2 is 2.00 bits per heavy atom. The van der Waals surface area contributed by atoms with E-state index in [4.69, 9.17) is 4.42 Å². The summed E-state index contributed by atoms with van der Waals surface area (Å²) < 4.78 is 5.76. The highest BCUT2D eigenvalue weighted by molar-refractivity contribution is 5.46. The number of anilines is 1. The molecular weight excluding hydrogens is 298 g/mol. The first-order chi connectivity index (χ1) is 11.6. The third-order valence-corrected chi connectivity index (χ3v) is 4.96. The molecule has 1 saturated heterocycles. The van der Waals surface area contributed by atoms with Crippen molar-refractivity contribution in [3.05, 3.63) is 47.7 Å². The lowest BCUT2D eigenvalue weighted by atomic mass is 10.0. The molecule has 0 aliphatic carbocycles. The average molecular weight is 327 g/mol. The first kappa shape index (κ1) is 17.0. The molecule has 24 heavy (non-hydrogen) atoms. The van der Waals surface area contributed by atoms with E-state index in [9.17, 15) is 0 Å². The molecule has 0 radical (unpaired) electrons. The van der Waals surface area contributed by atoms with Crippen molar-refractivity contribution in [3.63, 3.8) is 0 Å². The van der Waals surface area contributed by atoms with Gasteiger partial charge in [-0.25, -0.2) is 0 Å². The fourth-order valence-corrected chi connectivity index (χ4v) is 3.42. The van der Waals surface area contributed by atoms with E-state index in [0.29, 0.717) is 5.92 Å². The van der Waals surface area contributed by atoms with Crippen LogP contribution in [0.5, 0.6) is 0 Å². The molecule has 4 nitrogen and oxygen atoms in total. The zero-order chi connectivity index (χ0) is 16.9. The summed E-state index contributed by atoms with van der Waals surface area (Å²) in [6, 6.07) is 8.50. The molecule has 3 rings (SSSR count). The molecule has 130 valence electrons. The lowest BCUT2D eigenvalue weighted by molar-refractivity contribution is 0.277. The SMILES string of the molecule is Cc1cc(N2CCCN(CC[C@H](C)c3ccc(C)o3)CC2)ccn1. The fraction of sp³-hybridized carbons (Fsp3) is 0.550. The van der Waals surface area contributed by atoms with E-state index < -0.39 is 0 Å². The topological polar surface area (TPSA) is 32.5 Å². The summed E-state index contributed by atoms with van der Waals surface area (Å²) in [5.41, 5.74) is 2.40. The van der Waals surface area contributed by atoms with Gasteiger partial charge in [0.05, 0.1) is 0 Å². The van der Waals surface area contributed by atoms with Gasteiger partial charge in [0.15, 0.2) is 0 Å². The van der Waals surface area contributed by atoms with Crippen LogP contribution in [0, 0.1) is 13.8 Å². The summed E-state index contributed by atoms with van der Waals surface area (Å²) >= 11 is 0. The summed E-state index contributed by atoms with van der Waals surface area (Å²) in [6.45, 7) is 12.0. The molecule has 0 saturated carbocycles. The monoisotopic (exact) mass is 327 g/mol. The number of rotatable bonds is 5. The van der Waals surface area contributed by atoms with Crippen LogP contribution in [0.15, 0.2) is 34.9 Å². The quantitative estimate of drug-likeness (QED) is 0.831. The number of aromatic nitrogens is 1. The zero-order valence-corrected chi connectivity index (χ0v) is 15.2. The third kappa shape index (κ3) is 4.38. The van der Waals surface area contributed by atoms with Crippen LogP contribution in [-0.4, -0.2) is 42.6 Å². The van der Waals surface area contributed by atoms with E-state index in [1.54, 1.807) is 0 Å². The summed E-state index contributed by atoms with van der Waals surface area (Å²) in [6.07, 6.45) is 4.29. The third-order valence-electron chi connectivity index (χ3n) is 4.96. The van der Waals surface area contributed by atoms with E-state index in [1.807, 2.05) is 13.1 Å². The van der Waals surface area contributed by atoms with Gasteiger partial charge in [-0.1, -0.05) is 6.92 Å². The second kappa shape index (κ2) is 7.84. The van der Waals surface area contributed by atoms with Gasteiger partial charge < -0.3 is 14.2 Å². The van der Waals surface area contributed by atoms with Crippen molar-refractivity contribution in [2.75, 3.05) is 37.6 Å². The molecule has 2 aromatic heterocycles. The van der Waals surface area contributed by atoms with Gasteiger partial charge in [0.2, 0.25) is 0 Å². The molecular formula is C20H29N3O. The fourth-order valence-electron chi connectivity index (χ4n) is 3.42. The van der Waals surface area contributed by atoms with Gasteiger partial charge in [-0.15, -0.1) is 0 Å². The Balaban J connectivity index is 1.50. The second-order valence-corrected chi connectivity index (χ2v) is 6.98. The van der Waals surface area contributed by atoms with Crippen LogP contribution in [0.25, 0.3) is 0 Å². The number of aryl methyl sites for hydroxylation is 2. The summed E-state index contributed by atoms with van der Waals surface area (Å²) in [7, 11) is 0. The molecule has 0 spiro atoms. The van der Waals surface area contributed by atoms with Crippen LogP contribution in [0.4, 0.5) is 5.69 Å². The Morgan fingerprint density at radius 3 is 2.75 bits per heavy atom. The Kier molecular flexibility index (Phi) is 5.56. The van der Waals surface area contributed by atoms with Crippen LogP contribution < -0.4 is 4.90 Å². The largest absolute Gasteiger partial charge is 0.466 e. The molecule has 1 atom stereocenters. The van der Waals surface area contributed by atoms with Gasteiger partial charge in [0, 0.05) is 43.1 Å². The van der Waals surface area contributed by atoms with E-state index in [0.717, 1.165) is 49.8 Å². The van der Waals surface area contributed by atoms with Gasteiger partial charge in [-0.3, -0.25) is 4.98 Å². The Hall–Kier alpha value is -1.81. The summed E-state index contributed by atoms with van der Waals surface area (Å²) in [4.78, 5) is 9.40. The molecule has 0 N–H and O–H groups in total. The standard InChI is InChI=1S/C20H29N3O/c1-16(20-6-5-18(3)24-20)8-12-22-10-4-11-23(14-13-22)19-7-9-21-17(2)15-19/h5-7,9,15-16H,4,8,10-14H2,1-3H3/t16-/m0/s1. The van der Waals surface area contributed by atoms with Crippen LogP contribution in [0.2, 0.25) is 0 Å². The van der Waals surface area contributed by atoms with Gasteiger partial charge in [-0.05, 0) is 64.0 Å². The zero-order valence-electron chi connectivity index (χ0n) is 15.2. The van der Waals surface area contributed by atoms with Gasteiger partial charge >= 0.3 is 0 Å². The number of pyridine rings is 1. The first-order valence-corrected chi connectivity index (χ1v) is 9.08. The van der Waals surface area contributed by atoms with Crippen molar-refractivity contribution in [2.24, 2.45) is 0 Å². The van der Waals surface area contributed by atoms with Crippen molar-refractivity contribution in [1.29, 1.82) is 0 Å². The maximum atomic E-state index is 5.76. The molecule has 2 aromatic rings. The van der Waals surface area contributed by atoms with Crippen LogP contribution in [0.1, 0.15) is 42.9 Å². The normalized spacial score (nSPS) is 17.7. The highest BCUT2D eigenvalue weighted by Gasteiger charge is 2.17. The Labute approximate surface area is 145 Å². The number of furan rings is 1. The minimum absolute atomic E-state index is 0.487. The van der Waals surface area contributed by atoms with Crippen LogP contribution in [-0.2, 0) is 0 Å². The lowest BCUT2D eigenvalue weighted by Crippen LogP contribution is -2.31. The smallest absolute Gasteiger partial charge is 0.107 e. The second-order valence-electron chi connectivity index (χ2n) is 6.98. The minimum Gasteiger partial charge on any atom is -0.466 e. The summed E-state index contributed by atoms with van der Waals surface area (Å²) in [5.74, 6) is 2.62. The molecule has 1 aliphatic rings. The van der Waals surface area contributed by atoms with Gasteiger partial charge in [0.25, 0.3) is 0 Å². The molecule has 1 fully saturated rings. The van der Waals surface area contributed by atoms with Crippen molar-refractivity contribution >= 4 is 5.69 Å². The molecule has 0 unspecified atom stereocenters. The van der Waals surface area contributed by atoms with E-state index in [2.05, 4.69) is 52.9 Å². The average Bonchev–Trinajstić information content (AvgIpc) is 2.87. The molecule has 1 aliphatic heterocycles. The van der Waals surface area contributed by atoms with Crippen molar-refractivity contribution in [3.8, 4) is 0 Å². The highest BCUT2D eigenvalue weighted by Crippen LogP contribution is 2.22. The van der Waals surface area contributed by atoms with E-state index >= 15 is 0 Å². The maximum Gasteiger partial charge on any atom is 0.107 e. The molecule has 3 heterocycles. The van der Waals surface area contributed by atoms with Crippen LogP contribution >= 0.6 is 0 Å². The molecule has 0 amide bonds. The van der Waals surface area contributed by atoms with Gasteiger partial charge in [-0.2, -0.15) is 0 Å². The predicted octanol–water partition coefficient (Wildman–Crippen LogP) is 4.00. The molecule has 4 heteroatoms.